The van der Waals surface area contributed by atoms with Crippen LogP contribution in [0.5, 0.6) is 11.8 Å². The Labute approximate surface area is 392 Å². The molecule has 7 heterocycles. The molecule has 25 nitrogen and oxygen atoms in total. The van der Waals surface area contributed by atoms with Gasteiger partial charge in [0, 0.05) is 12.3 Å². The molecule has 0 radical (unpaired) electrons. The van der Waals surface area contributed by atoms with Crippen LogP contribution >= 0.6 is 27.3 Å². The van der Waals surface area contributed by atoms with Gasteiger partial charge in [0.15, 0.2) is 40.5 Å². The van der Waals surface area contributed by atoms with Gasteiger partial charge in [-0.1, -0.05) is 42.1 Å². The molecule has 0 saturated carbocycles. The second-order valence-electron chi connectivity index (χ2n) is 16.6. The van der Waals surface area contributed by atoms with E-state index in [0.29, 0.717) is 11.8 Å². The first-order valence-electron chi connectivity index (χ1n) is 21.3. The number of fused-ring (bicyclic) bond motifs is 3. The van der Waals surface area contributed by atoms with Crippen LogP contribution in [-0.4, -0.2) is 134 Å². The normalized spacial score (nSPS) is 29.3. The Hall–Kier alpha value is -4.47. The number of benzene rings is 1. The van der Waals surface area contributed by atoms with Gasteiger partial charge in [0.1, 0.15) is 35.6 Å². The van der Waals surface area contributed by atoms with Gasteiger partial charge in [-0.05, 0) is 47.1 Å². The van der Waals surface area contributed by atoms with Crippen molar-refractivity contribution in [2.75, 3.05) is 50.3 Å². The summed E-state index contributed by atoms with van der Waals surface area (Å²) in [4.78, 5) is 38.8. The molecule has 3 saturated heterocycles. The fourth-order valence-corrected chi connectivity index (χ4v) is 11.8. The largest absolute Gasteiger partial charge is 0.476 e. The molecule has 10 atom stereocenters. The van der Waals surface area contributed by atoms with E-state index in [1.165, 1.54) is 42.6 Å². The standard InChI is InChI=1S/C39H52FN11O14P2S/c1-7-57-30-24-28(46-35(41)48-30)50(19-43-24)32-38(5,40)26(52)22(62-32)17-60-66(55,45-16-21-12-10-9-11-13-21)59-14-15-68-34(53)37(3,4)65-67(56)61-18-23-27(64-67)39(6,54)33(63-23)51-20-44-25-29(51)47-36(42)49-31(25)58-8-2/h9-13,19-20,22-23,26-27,32-33,52,54H,7-8,14-18H2,1-6H3,(H,45,55)(H2,41,46,48)(H2,42,47,49)/t22-,23-,26-,27-,32-,33-,38-,39-,66?,67?/m1/s1. The lowest BCUT2D eigenvalue weighted by Gasteiger charge is -2.37. The summed E-state index contributed by atoms with van der Waals surface area (Å²) in [6, 6.07) is 8.91. The van der Waals surface area contributed by atoms with Crippen molar-refractivity contribution < 1.29 is 70.1 Å². The predicted molar refractivity (Wildman–Crippen MR) is 240 cm³/mol. The van der Waals surface area contributed by atoms with Gasteiger partial charge in [-0.25, -0.2) is 28.6 Å². The number of nitrogen functional groups attached to an aromatic ring is 2. The molecule has 4 aromatic heterocycles. The van der Waals surface area contributed by atoms with Crippen LogP contribution in [-0.2, 0) is 52.6 Å². The van der Waals surface area contributed by atoms with Gasteiger partial charge in [-0.3, -0.25) is 36.5 Å². The van der Waals surface area contributed by atoms with E-state index in [-0.39, 0.29) is 84.7 Å². The highest BCUT2D eigenvalue weighted by Crippen LogP contribution is 2.61. The molecule has 7 N–H and O–H groups in total. The monoisotopic (exact) mass is 1010 g/mol. The number of imidazole rings is 2. The van der Waals surface area contributed by atoms with Gasteiger partial charge in [0.25, 0.3) is 0 Å². The molecule has 2 unspecified atom stereocenters. The molecule has 5 aromatic rings. The Balaban J connectivity index is 0.891. The van der Waals surface area contributed by atoms with E-state index in [1.807, 2.05) is 0 Å². The number of nitrogens with one attached hydrogen (secondary N) is 1. The zero-order valence-corrected chi connectivity index (χ0v) is 40.3. The van der Waals surface area contributed by atoms with Crippen LogP contribution in [0.15, 0.2) is 43.0 Å². The SMILES string of the molecule is CCOc1nc(N)nc2c1ncn2[C@@H]1O[C@@H]2COP(=O)(OC(C)(C)C(=O)SCCOP(=O)(NCc3ccccc3)OC[C@H]3O[C@@H](n4cnc5c(OCC)nc(N)nc54)[C@](C)(F)[C@@H]3O)O[C@H]2[C@@]1(C)O. The van der Waals surface area contributed by atoms with Crippen LogP contribution in [0.1, 0.15) is 59.6 Å². The maximum atomic E-state index is 16.4. The third-order valence-corrected chi connectivity index (χ3v) is 15.4. The summed E-state index contributed by atoms with van der Waals surface area (Å²) in [5, 5.41) is 25.1. The molecule has 0 amide bonds. The number of nitrogens with two attached hydrogens (primary N) is 2. The maximum absolute atomic E-state index is 16.4. The lowest BCUT2D eigenvalue weighted by atomic mass is 9.96. The second-order valence-corrected chi connectivity index (χ2v) is 21.1. The number of ether oxygens (including phenoxy) is 4. The molecule has 370 valence electrons. The third kappa shape index (κ3) is 9.95. The van der Waals surface area contributed by atoms with Gasteiger partial charge < -0.3 is 40.6 Å². The van der Waals surface area contributed by atoms with Crippen LogP contribution in [0.4, 0.5) is 16.3 Å². The van der Waals surface area contributed by atoms with Crippen LogP contribution in [0.25, 0.3) is 22.3 Å². The number of halogens is 1. The number of hydrogen-bond donors (Lipinski definition) is 5. The molecule has 0 spiro atoms. The Morgan fingerprint density at radius 1 is 0.985 bits per heavy atom. The molecule has 1 aromatic carbocycles. The van der Waals surface area contributed by atoms with Gasteiger partial charge >= 0.3 is 15.6 Å². The number of hydrogen-bond acceptors (Lipinski definition) is 23. The number of rotatable bonds is 19. The van der Waals surface area contributed by atoms with E-state index in [2.05, 4.69) is 35.0 Å². The average molecular weight is 1010 g/mol. The molecule has 3 aliphatic rings. The van der Waals surface area contributed by atoms with Crippen molar-refractivity contribution in [1.29, 1.82) is 0 Å². The fourth-order valence-electron chi connectivity index (χ4n) is 7.77. The van der Waals surface area contributed by atoms with E-state index in [0.717, 1.165) is 12.5 Å². The number of nitrogens with zero attached hydrogens (tertiary/aromatic N) is 8. The Morgan fingerprint density at radius 2 is 1.59 bits per heavy atom. The molecule has 3 fully saturated rings. The van der Waals surface area contributed by atoms with Gasteiger partial charge in [0.05, 0.1) is 45.7 Å². The highest BCUT2D eigenvalue weighted by atomic mass is 32.2. The Kier molecular flexibility index (Phi) is 14.2. The Bertz CT molecular complexity index is 2740. The number of carbonyl (C=O) groups is 1. The van der Waals surface area contributed by atoms with Crippen molar-refractivity contribution in [3.63, 3.8) is 0 Å². The molecular weight excluding hydrogens is 960 g/mol. The number of phosphoric ester groups is 1. The second kappa shape index (κ2) is 19.4. The summed E-state index contributed by atoms with van der Waals surface area (Å²) in [6.45, 7) is 8.00. The number of phosphoric acid groups is 1. The summed E-state index contributed by atoms with van der Waals surface area (Å²) in [5.74, 6) is -0.157. The number of aromatic nitrogens is 8. The lowest BCUT2D eigenvalue weighted by molar-refractivity contribution is -0.129. The first-order chi connectivity index (χ1) is 32.2. The number of aliphatic hydroxyl groups excluding tert-OH is 1. The van der Waals surface area contributed by atoms with E-state index >= 15 is 4.39 Å². The minimum Gasteiger partial charge on any atom is -0.476 e. The topological polar surface area (TPSA) is 326 Å². The van der Waals surface area contributed by atoms with E-state index in [9.17, 15) is 24.1 Å². The van der Waals surface area contributed by atoms with E-state index < -0.39 is 81.0 Å². The quantitative estimate of drug-likeness (QED) is 0.0580. The average Bonchev–Trinajstić information content (AvgIpc) is 4.02. The van der Waals surface area contributed by atoms with Crippen molar-refractivity contribution in [2.24, 2.45) is 0 Å². The van der Waals surface area contributed by atoms with Crippen molar-refractivity contribution in [3.05, 3.63) is 48.5 Å². The predicted octanol–water partition coefficient (Wildman–Crippen LogP) is 3.77. The minimum atomic E-state index is -4.55. The lowest BCUT2D eigenvalue weighted by Crippen LogP contribution is -2.48. The first-order valence-corrected chi connectivity index (χ1v) is 25.3. The summed E-state index contributed by atoms with van der Waals surface area (Å²) in [6.07, 6.45) is -5.42. The van der Waals surface area contributed by atoms with Crippen molar-refractivity contribution >= 4 is 66.7 Å². The van der Waals surface area contributed by atoms with Crippen LogP contribution in [0, 0.1) is 0 Å². The summed E-state index contributed by atoms with van der Waals surface area (Å²) in [5.41, 5.74) is 7.17. The number of carbonyl (C=O) groups excluding carboxylic acids is 1. The number of aliphatic hydroxyl groups is 2. The van der Waals surface area contributed by atoms with Gasteiger partial charge in [-0.2, -0.15) is 19.9 Å². The van der Waals surface area contributed by atoms with Gasteiger partial charge in [-0.15, -0.1) is 0 Å². The zero-order chi connectivity index (χ0) is 48.8. The fraction of sp³-hybridized carbons (Fsp3) is 0.564. The minimum absolute atomic E-state index is 0.0134. The van der Waals surface area contributed by atoms with E-state index in [4.69, 9.17) is 53.0 Å². The van der Waals surface area contributed by atoms with Gasteiger partial charge in [0.2, 0.25) is 28.8 Å². The van der Waals surface area contributed by atoms with E-state index in [1.54, 1.807) is 44.2 Å². The van der Waals surface area contributed by atoms with Crippen LogP contribution < -0.4 is 26.0 Å². The molecule has 68 heavy (non-hydrogen) atoms. The molecular formula is C39H52FN11O14P2S. The molecule has 8 rings (SSSR count). The van der Waals surface area contributed by atoms with Crippen LogP contribution in [0.3, 0.4) is 0 Å². The van der Waals surface area contributed by atoms with Crippen molar-refractivity contribution in [3.8, 4) is 11.8 Å². The van der Waals surface area contributed by atoms with Crippen molar-refractivity contribution in [2.45, 2.75) is 102 Å². The highest BCUT2D eigenvalue weighted by Gasteiger charge is 2.61. The number of thioether (sulfide) groups is 1. The maximum Gasteiger partial charge on any atom is 0.476 e. The Morgan fingerprint density at radius 3 is 2.19 bits per heavy atom. The molecule has 0 aliphatic carbocycles. The van der Waals surface area contributed by atoms with Crippen molar-refractivity contribution in [1.82, 2.24) is 44.1 Å². The number of alkyl halides is 1. The molecule has 3 aliphatic heterocycles. The highest BCUT2D eigenvalue weighted by molar-refractivity contribution is 8.13. The van der Waals surface area contributed by atoms with Crippen LogP contribution in [0.2, 0.25) is 0 Å². The molecule has 0 bridgehead atoms. The molecule has 29 heteroatoms. The first kappa shape index (κ1) is 49.9. The summed E-state index contributed by atoms with van der Waals surface area (Å²) < 4.78 is 99.1. The summed E-state index contributed by atoms with van der Waals surface area (Å²) >= 11 is 0.705. The number of anilines is 2. The summed E-state index contributed by atoms with van der Waals surface area (Å²) in [7, 11) is -8.84. The smallest absolute Gasteiger partial charge is 0.476 e. The zero-order valence-electron chi connectivity index (χ0n) is 37.7. The third-order valence-electron chi connectivity index (χ3n) is 11.1.